The third-order valence-corrected chi connectivity index (χ3v) is 4.06. The molecular weight excluding hydrogens is 322 g/mol. The Balaban J connectivity index is 1.48. The van der Waals surface area contributed by atoms with Crippen molar-refractivity contribution in [3.8, 4) is 5.88 Å². The van der Waals surface area contributed by atoms with E-state index in [-0.39, 0.29) is 5.91 Å². The van der Waals surface area contributed by atoms with Crippen LogP contribution in [-0.2, 0) is 7.05 Å². The predicted octanol–water partition coefficient (Wildman–Crippen LogP) is 0.661. The summed E-state index contributed by atoms with van der Waals surface area (Å²) in [5.74, 6) is 0.804. The first kappa shape index (κ1) is 17.0. The Bertz CT molecular complexity index is 725. The number of ether oxygens (including phenoxy) is 1. The maximum absolute atomic E-state index is 12.2. The van der Waals surface area contributed by atoms with Crippen LogP contribution in [0, 0.1) is 0 Å². The van der Waals surface area contributed by atoms with Crippen LogP contribution in [0.3, 0.4) is 0 Å². The molecule has 9 heteroatoms. The van der Waals surface area contributed by atoms with Crippen LogP contribution in [0.4, 0.5) is 11.5 Å². The zero-order valence-electron chi connectivity index (χ0n) is 14.5. The van der Waals surface area contributed by atoms with Crippen LogP contribution in [0.2, 0.25) is 0 Å². The number of aryl methyl sites for hydroxylation is 1. The standard InChI is InChI=1S/C16H23N7O2/c1-22-11-13(16(21-22)25-2)15(24)18-6-5-17-14-9-12(10-19-20-14)23-7-3-4-8-23/h9-11H,3-8H2,1-2H3,(H,17,20)(H,18,24). The molecule has 0 spiro atoms. The first-order valence-corrected chi connectivity index (χ1v) is 8.35. The number of carbonyl (C=O) groups is 1. The second-order valence-corrected chi connectivity index (χ2v) is 5.90. The van der Waals surface area contributed by atoms with E-state index in [1.807, 2.05) is 6.07 Å². The summed E-state index contributed by atoms with van der Waals surface area (Å²) < 4.78 is 6.64. The molecule has 2 N–H and O–H groups in total. The highest BCUT2D eigenvalue weighted by molar-refractivity contribution is 5.96. The Morgan fingerprint density at radius 3 is 2.88 bits per heavy atom. The smallest absolute Gasteiger partial charge is 0.258 e. The van der Waals surface area contributed by atoms with Gasteiger partial charge in [-0.3, -0.25) is 9.48 Å². The van der Waals surface area contributed by atoms with E-state index in [9.17, 15) is 4.79 Å². The van der Waals surface area contributed by atoms with Crippen LogP contribution in [0.1, 0.15) is 23.2 Å². The molecule has 0 aliphatic carbocycles. The van der Waals surface area contributed by atoms with Crippen LogP contribution in [0.15, 0.2) is 18.5 Å². The summed E-state index contributed by atoms with van der Waals surface area (Å²) in [6.07, 6.45) is 5.85. The maximum Gasteiger partial charge on any atom is 0.258 e. The quantitative estimate of drug-likeness (QED) is 0.712. The number of carbonyl (C=O) groups excluding carboxylic acids is 1. The fraction of sp³-hybridized carbons (Fsp3) is 0.500. The normalized spacial score (nSPS) is 13.8. The average Bonchev–Trinajstić information content (AvgIpc) is 3.28. The van der Waals surface area contributed by atoms with Crippen molar-refractivity contribution in [2.24, 2.45) is 7.05 Å². The highest BCUT2D eigenvalue weighted by atomic mass is 16.5. The Kier molecular flexibility index (Phi) is 5.32. The molecule has 1 aliphatic rings. The summed E-state index contributed by atoms with van der Waals surface area (Å²) in [6.45, 7) is 3.13. The van der Waals surface area contributed by atoms with E-state index in [2.05, 4.69) is 30.8 Å². The number of nitrogens with one attached hydrogen (secondary N) is 2. The van der Waals surface area contributed by atoms with E-state index >= 15 is 0 Å². The molecule has 1 aliphatic heterocycles. The lowest BCUT2D eigenvalue weighted by atomic mass is 10.3. The topological polar surface area (TPSA) is 97.2 Å². The molecule has 3 rings (SSSR count). The minimum Gasteiger partial charge on any atom is -0.479 e. The molecule has 0 saturated carbocycles. The van der Waals surface area contributed by atoms with Crippen molar-refractivity contribution in [3.63, 3.8) is 0 Å². The highest BCUT2D eigenvalue weighted by Gasteiger charge is 2.16. The number of hydrogen-bond acceptors (Lipinski definition) is 7. The summed E-state index contributed by atoms with van der Waals surface area (Å²) in [5, 5.41) is 18.2. The molecule has 0 radical (unpaired) electrons. The lowest BCUT2D eigenvalue weighted by molar-refractivity contribution is 0.0952. The molecule has 25 heavy (non-hydrogen) atoms. The number of nitrogens with zero attached hydrogens (tertiary/aromatic N) is 5. The van der Waals surface area contributed by atoms with Gasteiger partial charge in [-0.1, -0.05) is 0 Å². The lowest BCUT2D eigenvalue weighted by Crippen LogP contribution is -2.29. The van der Waals surface area contributed by atoms with Gasteiger partial charge in [-0.15, -0.1) is 10.2 Å². The third kappa shape index (κ3) is 4.17. The van der Waals surface area contributed by atoms with Crippen molar-refractivity contribution in [3.05, 3.63) is 24.0 Å². The van der Waals surface area contributed by atoms with Gasteiger partial charge in [0.25, 0.3) is 5.91 Å². The first-order chi connectivity index (χ1) is 12.2. The summed E-state index contributed by atoms with van der Waals surface area (Å²) in [5.41, 5.74) is 1.50. The molecule has 0 atom stereocenters. The van der Waals surface area contributed by atoms with E-state index in [4.69, 9.17) is 4.74 Å². The monoisotopic (exact) mass is 345 g/mol. The summed E-state index contributed by atoms with van der Waals surface area (Å²) in [7, 11) is 3.24. The van der Waals surface area contributed by atoms with Crippen LogP contribution >= 0.6 is 0 Å². The number of methoxy groups -OCH3 is 1. The lowest BCUT2D eigenvalue weighted by Gasteiger charge is -2.17. The molecule has 2 aromatic rings. The minimum atomic E-state index is -0.219. The average molecular weight is 345 g/mol. The molecule has 0 bridgehead atoms. The van der Waals surface area contributed by atoms with Gasteiger partial charge in [0.1, 0.15) is 5.56 Å². The van der Waals surface area contributed by atoms with E-state index in [1.165, 1.54) is 20.0 Å². The Morgan fingerprint density at radius 1 is 1.32 bits per heavy atom. The summed E-state index contributed by atoms with van der Waals surface area (Å²) >= 11 is 0. The van der Waals surface area contributed by atoms with Gasteiger partial charge >= 0.3 is 0 Å². The zero-order chi connectivity index (χ0) is 17.6. The van der Waals surface area contributed by atoms with Crippen molar-refractivity contribution >= 4 is 17.4 Å². The van der Waals surface area contributed by atoms with Crippen LogP contribution in [-0.4, -0.2) is 59.2 Å². The van der Waals surface area contributed by atoms with Crippen molar-refractivity contribution in [2.75, 3.05) is 43.5 Å². The largest absolute Gasteiger partial charge is 0.479 e. The van der Waals surface area contributed by atoms with Crippen molar-refractivity contribution in [2.45, 2.75) is 12.8 Å². The van der Waals surface area contributed by atoms with Crippen LogP contribution in [0.5, 0.6) is 5.88 Å². The Hall–Kier alpha value is -2.84. The van der Waals surface area contributed by atoms with Crippen LogP contribution < -0.4 is 20.3 Å². The van der Waals surface area contributed by atoms with E-state index in [0.29, 0.717) is 30.4 Å². The molecule has 134 valence electrons. The summed E-state index contributed by atoms with van der Waals surface area (Å²) in [4.78, 5) is 14.5. The number of anilines is 2. The second kappa shape index (κ2) is 7.82. The highest BCUT2D eigenvalue weighted by Crippen LogP contribution is 2.20. The van der Waals surface area contributed by atoms with Crippen LogP contribution in [0.25, 0.3) is 0 Å². The molecule has 9 nitrogen and oxygen atoms in total. The number of rotatable bonds is 7. The molecule has 1 fully saturated rings. The Labute approximate surface area is 146 Å². The number of aromatic nitrogens is 4. The van der Waals surface area contributed by atoms with Crippen molar-refractivity contribution in [1.29, 1.82) is 0 Å². The predicted molar refractivity (Wildman–Crippen MR) is 94.1 cm³/mol. The van der Waals surface area contributed by atoms with Gasteiger partial charge in [-0.2, -0.15) is 5.10 Å². The van der Waals surface area contributed by atoms with E-state index in [1.54, 1.807) is 24.1 Å². The van der Waals surface area contributed by atoms with Gasteiger partial charge in [0, 0.05) is 45.5 Å². The second-order valence-electron chi connectivity index (χ2n) is 5.90. The number of hydrogen-bond donors (Lipinski definition) is 2. The fourth-order valence-electron chi connectivity index (χ4n) is 2.83. The van der Waals surface area contributed by atoms with E-state index in [0.717, 1.165) is 18.8 Å². The molecule has 3 heterocycles. The molecule has 0 aromatic carbocycles. The molecule has 0 unspecified atom stereocenters. The Morgan fingerprint density at radius 2 is 2.12 bits per heavy atom. The van der Waals surface area contributed by atoms with E-state index < -0.39 is 0 Å². The van der Waals surface area contributed by atoms with Gasteiger partial charge in [0.05, 0.1) is 19.0 Å². The number of amides is 1. The van der Waals surface area contributed by atoms with Crippen molar-refractivity contribution < 1.29 is 9.53 Å². The molecule has 1 amide bonds. The SMILES string of the molecule is COc1nn(C)cc1C(=O)NCCNc1cc(N2CCCC2)cnn1. The van der Waals surface area contributed by atoms with Gasteiger partial charge in [0.15, 0.2) is 5.82 Å². The van der Waals surface area contributed by atoms with Gasteiger partial charge in [-0.25, -0.2) is 0 Å². The summed E-state index contributed by atoms with van der Waals surface area (Å²) in [6, 6.07) is 1.99. The minimum absolute atomic E-state index is 0.219. The molecular formula is C16H23N7O2. The maximum atomic E-state index is 12.2. The molecule has 1 saturated heterocycles. The zero-order valence-corrected chi connectivity index (χ0v) is 14.5. The van der Waals surface area contributed by atoms with Gasteiger partial charge in [-0.05, 0) is 12.8 Å². The molecule has 2 aromatic heterocycles. The van der Waals surface area contributed by atoms with Gasteiger partial charge in [0.2, 0.25) is 5.88 Å². The van der Waals surface area contributed by atoms with Gasteiger partial charge < -0.3 is 20.3 Å². The van der Waals surface area contributed by atoms with Crippen molar-refractivity contribution in [1.82, 2.24) is 25.3 Å². The third-order valence-electron chi connectivity index (χ3n) is 4.06. The first-order valence-electron chi connectivity index (χ1n) is 8.35. The fourth-order valence-corrected chi connectivity index (χ4v) is 2.83.